The summed E-state index contributed by atoms with van der Waals surface area (Å²) in [7, 11) is 1.67. The zero-order valence-corrected chi connectivity index (χ0v) is 13.2. The topological polar surface area (TPSA) is 66.8 Å². The summed E-state index contributed by atoms with van der Waals surface area (Å²) in [5.74, 6) is -1.03. The van der Waals surface area contributed by atoms with Gasteiger partial charge in [0.15, 0.2) is 0 Å². The SMILES string of the molecule is CCCC1(COC)CCCN1C(=O)c1ccc(C(=O)O)cc1. The molecular weight excluding hydrogens is 282 g/mol. The maximum Gasteiger partial charge on any atom is 0.335 e. The molecule has 5 heteroatoms. The number of carbonyl (C=O) groups is 2. The first-order chi connectivity index (χ1) is 10.5. The minimum atomic E-state index is -0.986. The summed E-state index contributed by atoms with van der Waals surface area (Å²) >= 11 is 0. The molecule has 1 aliphatic heterocycles. The number of hydrogen-bond donors (Lipinski definition) is 1. The molecule has 0 saturated carbocycles. The van der Waals surface area contributed by atoms with Gasteiger partial charge in [-0.15, -0.1) is 0 Å². The number of hydrogen-bond acceptors (Lipinski definition) is 3. The average Bonchev–Trinajstić information content (AvgIpc) is 2.91. The number of methoxy groups -OCH3 is 1. The number of carboxylic acid groups (broad SMARTS) is 1. The number of ether oxygens (including phenoxy) is 1. The van der Waals surface area contributed by atoms with Crippen LogP contribution >= 0.6 is 0 Å². The van der Waals surface area contributed by atoms with E-state index in [1.807, 2.05) is 4.90 Å². The number of aromatic carboxylic acids is 1. The minimum Gasteiger partial charge on any atom is -0.478 e. The number of benzene rings is 1. The third-order valence-electron chi connectivity index (χ3n) is 4.35. The quantitative estimate of drug-likeness (QED) is 0.877. The molecule has 1 fully saturated rings. The smallest absolute Gasteiger partial charge is 0.335 e. The lowest BCUT2D eigenvalue weighted by molar-refractivity contribution is 0.0254. The lowest BCUT2D eigenvalue weighted by Crippen LogP contribution is -2.50. The van der Waals surface area contributed by atoms with Gasteiger partial charge in [0, 0.05) is 19.2 Å². The lowest BCUT2D eigenvalue weighted by atomic mass is 9.91. The Morgan fingerprint density at radius 2 is 1.91 bits per heavy atom. The maximum atomic E-state index is 12.8. The van der Waals surface area contributed by atoms with Crippen LogP contribution in [0.1, 0.15) is 53.3 Å². The van der Waals surface area contributed by atoms with Crippen molar-refractivity contribution in [3.63, 3.8) is 0 Å². The van der Waals surface area contributed by atoms with Gasteiger partial charge >= 0.3 is 5.97 Å². The van der Waals surface area contributed by atoms with Crippen LogP contribution in [0, 0.1) is 0 Å². The van der Waals surface area contributed by atoms with Gasteiger partial charge in [-0.2, -0.15) is 0 Å². The highest BCUT2D eigenvalue weighted by Gasteiger charge is 2.43. The largest absolute Gasteiger partial charge is 0.478 e. The van der Waals surface area contributed by atoms with Crippen LogP contribution in [0.4, 0.5) is 0 Å². The van der Waals surface area contributed by atoms with Crippen molar-refractivity contribution < 1.29 is 19.4 Å². The van der Waals surface area contributed by atoms with E-state index in [0.29, 0.717) is 12.2 Å². The molecule has 2 rings (SSSR count). The molecule has 1 aromatic carbocycles. The highest BCUT2D eigenvalue weighted by molar-refractivity contribution is 5.96. The summed E-state index contributed by atoms with van der Waals surface area (Å²) in [6.45, 7) is 3.38. The van der Waals surface area contributed by atoms with E-state index in [4.69, 9.17) is 9.84 Å². The Bertz CT molecular complexity index is 532. The van der Waals surface area contributed by atoms with Crippen molar-refractivity contribution in [2.45, 2.75) is 38.1 Å². The third-order valence-corrected chi connectivity index (χ3v) is 4.35. The van der Waals surface area contributed by atoms with Gasteiger partial charge in [-0.1, -0.05) is 13.3 Å². The average molecular weight is 305 g/mol. The van der Waals surface area contributed by atoms with Crippen molar-refractivity contribution in [3.8, 4) is 0 Å². The predicted molar refractivity (Wildman–Crippen MR) is 83.2 cm³/mol. The number of carbonyl (C=O) groups excluding carboxylic acids is 1. The zero-order valence-electron chi connectivity index (χ0n) is 13.2. The highest BCUT2D eigenvalue weighted by atomic mass is 16.5. The highest BCUT2D eigenvalue weighted by Crippen LogP contribution is 2.35. The number of amides is 1. The Hall–Kier alpha value is -1.88. The lowest BCUT2D eigenvalue weighted by Gasteiger charge is -2.38. The summed E-state index contributed by atoms with van der Waals surface area (Å²) < 4.78 is 5.38. The first-order valence-electron chi connectivity index (χ1n) is 7.68. The normalized spacial score (nSPS) is 21.1. The van der Waals surface area contributed by atoms with Crippen molar-refractivity contribution in [2.75, 3.05) is 20.3 Å². The van der Waals surface area contributed by atoms with E-state index in [1.165, 1.54) is 12.1 Å². The summed E-state index contributed by atoms with van der Waals surface area (Å²) in [5, 5.41) is 8.94. The first-order valence-corrected chi connectivity index (χ1v) is 7.68. The van der Waals surface area contributed by atoms with Gasteiger partial charge < -0.3 is 14.7 Å². The van der Waals surface area contributed by atoms with Crippen molar-refractivity contribution >= 4 is 11.9 Å². The fourth-order valence-corrected chi connectivity index (χ4v) is 3.38. The van der Waals surface area contributed by atoms with E-state index in [2.05, 4.69) is 6.92 Å². The van der Waals surface area contributed by atoms with Crippen LogP contribution < -0.4 is 0 Å². The Morgan fingerprint density at radius 1 is 1.27 bits per heavy atom. The molecule has 120 valence electrons. The number of carboxylic acids is 1. The molecule has 1 saturated heterocycles. The molecule has 0 radical (unpaired) electrons. The molecule has 5 nitrogen and oxygen atoms in total. The molecule has 1 aliphatic rings. The van der Waals surface area contributed by atoms with Crippen LogP contribution in [0.5, 0.6) is 0 Å². The molecule has 1 unspecified atom stereocenters. The molecule has 1 atom stereocenters. The van der Waals surface area contributed by atoms with Crippen molar-refractivity contribution in [1.82, 2.24) is 4.90 Å². The molecule has 1 amide bonds. The van der Waals surface area contributed by atoms with E-state index in [9.17, 15) is 9.59 Å². The molecule has 1 heterocycles. The Morgan fingerprint density at radius 3 is 2.45 bits per heavy atom. The van der Waals surface area contributed by atoms with E-state index in [0.717, 1.165) is 32.2 Å². The van der Waals surface area contributed by atoms with Crippen LogP contribution in [0.15, 0.2) is 24.3 Å². The summed E-state index contributed by atoms with van der Waals surface area (Å²) in [6.07, 6.45) is 3.83. The second-order valence-corrected chi connectivity index (χ2v) is 5.85. The summed E-state index contributed by atoms with van der Waals surface area (Å²) in [5.41, 5.74) is 0.490. The molecule has 0 spiro atoms. The van der Waals surface area contributed by atoms with Gasteiger partial charge in [0.1, 0.15) is 0 Å². The Kier molecular flexibility index (Phi) is 5.19. The van der Waals surface area contributed by atoms with E-state index >= 15 is 0 Å². The van der Waals surface area contributed by atoms with Gasteiger partial charge in [0.25, 0.3) is 5.91 Å². The van der Waals surface area contributed by atoms with Crippen LogP contribution in [-0.4, -0.2) is 47.7 Å². The second kappa shape index (κ2) is 6.92. The van der Waals surface area contributed by atoms with Crippen LogP contribution in [0.3, 0.4) is 0 Å². The van der Waals surface area contributed by atoms with Crippen molar-refractivity contribution in [2.24, 2.45) is 0 Å². The van der Waals surface area contributed by atoms with E-state index in [-0.39, 0.29) is 17.0 Å². The van der Waals surface area contributed by atoms with Gasteiger partial charge in [0.05, 0.1) is 17.7 Å². The molecule has 0 aromatic heterocycles. The third kappa shape index (κ3) is 3.14. The number of likely N-dealkylation sites (tertiary alicyclic amines) is 1. The molecular formula is C17H23NO4. The monoisotopic (exact) mass is 305 g/mol. The molecule has 22 heavy (non-hydrogen) atoms. The standard InChI is InChI=1S/C17H23NO4/c1-3-9-17(12-22-2)10-4-11-18(17)15(19)13-5-7-14(8-6-13)16(20)21/h5-8H,3-4,9-12H2,1-2H3,(H,20,21). The second-order valence-electron chi connectivity index (χ2n) is 5.85. The zero-order chi connectivity index (χ0) is 16.2. The van der Waals surface area contributed by atoms with Crippen LogP contribution in [0.2, 0.25) is 0 Å². The van der Waals surface area contributed by atoms with Crippen LogP contribution in [0.25, 0.3) is 0 Å². The summed E-state index contributed by atoms with van der Waals surface area (Å²) in [4.78, 5) is 25.6. The Labute approximate surface area is 130 Å². The van der Waals surface area contributed by atoms with Crippen LogP contribution in [-0.2, 0) is 4.74 Å². The molecule has 0 aliphatic carbocycles. The van der Waals surface area contributed by atoms with Gasteiger partial charge in [-0.3, -0.25) is 4.79 Å². The number of nitrogens with zero attached hydrogens (tertiary/aromatic N) is 1. The minimum absolute atomic E-state index is 0.0417. The Balaban J connectivity index is 2.24. The predicted octanol–water partition coefficient (Wildman–Crippen LogP) is 2.81. The van der Waals surface area contributed by atoms with Crippen molar-refractivity contribution in [3.05, 3.63) is 35.4 Å². The fourth-order valence-electron chi connectivity index (χ4n) is 3.38. The molecule has 0 bridgehead atoms. The molecule has 1 aromatic rings. The van der Waals surface area contributed by atoms with E-state index < -0.39 is 5.97 Å². The first kappa shape index (κ1) is 16.5. The van der Waals surface area contributed by atoms with Crippen molar-refractivity contribution in [1.29, 1.82) is 0 Å². The van der Waals surface area contributed by atoms with E-state index in [1.54, 1.807) is 19.2 Å². The van der Waals surface area contributed by atoms with Gasteiger partial charge in [-0.25, -0.2) is 4.79 Å². The van der Waals surface area contributed by atoms with Gasteiger partial charge in [-0.05, 0) is 43.5 Å². The van der Waals surface area contributed by atoms with Gasteiger partial charge in [0.2, 0.25) is 0 Å². The molecule has 1 N–H and O–H groups in total. The maximum absolute atomic E-state index is 12.8. The fraction of sp³-hybridized carbons (Fsp3) is 0.529. The number of rotatable bonds is 6. The summed E-state index contributed by atoms with van der Waals surface area (Å²) in [6, 6.07) is 6.13.